The van der Waals surface area contributed by atoms with E-state index < -0.39 is 0 Å². The average molecular weight is 340 g/mol. The molecule has 1 N–H and O–H groups in total. The Bertz CT molecular complexity index is 737. The molecule has 3 aliphatic rings. The van der Waals surface area contributed by atoms with Gasteiger partial charge in [-0.05, 0) is 37.0 Å². The minimum absolute atomic E-state index is 0.0480. The van der Waals surface area contributed by atoms with Gasteiger partial charge in [0.25, 0.3) is 5.91 Å². The molecule has 0 saturated heterocycles. The lowest BCUT2D eigenvalue weighted by Crippen LogP contribution is -2.48. The summed E-state index contributed by atoms with van der Waals surface area (Å²) in [6.07, 6.45) is 6.64. The average Bonchev–Trinajstić information content (AvgIpc) is 3.10. The van der Waals surface area contributed by atoms with E-state index in [1.165, 1.54) is 19.3 Å². The number of hydrogen-bond donors (Lipinski definition) is 1. The number of fused-ring (bicyclic) bond motifs is 3. The van der Waals surface area contributed by atoms with Gasteiger partial charge in [0, 0.05) is 25.7 Å². The normalized spacial score (nSPS) is 20.2. The van der Waals surface area contributed by atoms with Crippen LogP contribution in [0.4, 0.5) is 11.4 Å². The molecule has 1 saturated carbocycles. The van der Waals surface area contributed by atoms with Crippen LogP contribution >= 0.6 is 0 Å². The van der Waals surface area contributed by atoms with E-state index in [4.69, 9.17) is 0 Å². The van der Waals surface area contributed by atoms with Crippen LogP contribution in [-0.2, 0) is 4.79 Å². The number of amides is 2. The van der Waals surface area contributed by atoms with Crippen molar-refractivity contribution in [2.75, 3.05) is 30.4 Å². The molecule has 2 aliphatic heterocycles. The molecule has 1 aromatic rings. The third-order valence-electron chi connectivity index (χ3n) is 5.42. The van der Waals surface area contributed by atoms with Crippen LogP contribution < -0.4 is 10.2 Å². The van der Waals surface area contributed by atoms with Gasteiger partial charge in [0.1, 0.15) is 0 Å². The molecular formula is C19H24N4O2. The Morgan fingerprint density at radius 3 is 2.88 bits per heavy atom. The second kappa shape index (κ2) is 6.50. The zero-order chi connectivity index (χ0) is 17.4. The lowest BCUT2D eigenvalue weighted by molar-refractivity contribution is -0.117. The van der Waals surface area contributed by atoms with Crippen molar-refractivity contribution >= 4 is 29.1 Å². The van der Waals surface area contributed by atoms with E-state index in [1.807, 2.05) is 12.1 Å². The topological polar surface area (TPSA) is 65.0 Å². The maximum Gasteiger partial charge on any atom is 0.262 e. The number of guanidine groups is 1. The zero-order valence-corrected chi connectivity index (χ0v) is 14.6. The number of carbonyl (C=O) groups is 2. The van der Waals surface area contributed by atoms with E-state index in [9.17, 15) is 9.59 Å². The van der Waals surface area contributed by atoms with Crippen LogP contribution in [0.3, 0.4) is 0 Å². The van der Waals surface area contributed by atoms with Gasteiger partial charge >= 0.3 is 0 Å². The standard InChI is InChI=1S/C19H24N4O2/c1-22-18(25)15-12-14(7-8-16(15)23-10-9-20-19(22)23)21-17(24)11-13-5-3-2-4-6-13/h7-8,12-13H,2-6,9-11H2,1H3,(H,21,24). The Morgan fingerprint density at radius 2 is 2.08 bits per heavy atom. The van der Waals surface area contributed by atoms with Crippen molar-refractivity contribution < 1.29 is 9.59 Å². The fourth-order valence-corrected chi connectivity index (χ4v) is 4.11. The molecule has 1 aliphatic carbocycles. The molecule has 1 aromatic carbocycles. The van der Waals surface area contributed by atoms with Gasteiger partial charge in [0.05, 0.1) is 17.8 Å². The highest BCUT2D eigenvalue weighted by molar-refractivity contribution is 6.19. The van der Waals surface area contributed by atoms with Crippen molar-refractivity contribution in [2.24, 2.45) is 10.9 Å². The molecule has 0 unspecified atom stereocenters. The van der Waals surface area contributed by atoms with Gasteiger partial charge in [-0.25, -0.2) is 0 Å². The number of hydrogen-bond acceptors (Lipinski definition) is 4. The predicted molar refractivity (Wildman–Crippen MR) is 98.0 cm³/mol. The Labute approximate surface area is 147 Å². The van der Waals surface area contributed by atoms with Crippen molar-refractivity contribution in [3.8, 4) is 0 Å². The van der Waals surface area contributed by atoms with E-state index in [2.05, 4.69) is 15.2 Å². The van der Waals surface area contributed by atoms with Crippen molar-refractivity contribution in [1.29, 1.82) is 0 Å². The highest BCUT2D eigenvalue weighted by Crippen LogP contribution is 2.32. The van der Waals surface area contributed by atoms with E-state index in [0.29, 0.717) is 36.1 Å². The summed E-state index contributed by atoms with van der Waals surface area (Å²) in [7, 11) is 1.75. The second-order valence-electron chi connectivity index (χ2n) is 7.19. The van der Waals surface area contributed by atoms with Gasteiger partial charge in [0.15, 0.2) is 0 Å². The van der Waals surface area contributed by atoms with Gasteiger partial charge in [-0.1, -0.05) is 19.3 Å². The summed E-state index contributed by atoms with van der Waals surface area (Å²) in [6.45, 7) is 1.49. The molecule has 132 valence electrons. The fourth-order valence-electron chi connectivity index (χ4n) is 4.11. The van der Waals surface area contributed by atoms with Crippen LogP contribution in [0.5, 0.6) is 0 Å². The monoisotopic (exact) mass is 340 g/mol. The van der Waals surface area contributed by atoms with Gasteiger partial charge in [-0.15, -0.1) is 0 Å². The van der Waals surface area contributed by atoms with E-state index in [0.717, 1.165) is 25.1 Å². The van der Waals surface area contributed by atoms with Crippen molar-refractivity contribution in [3.63, 3.8) is 0 Å². The summed E-state index contributed by atoms with van der Waals surface area (Å²) in [5, 5.41) is 2.98. The number of rotatable bonds is 3. The van der Waals surface area contributed by atoms with E-state index in [-0.39, 0.29) is 11.8 Å². The first-order valence-corrected chi connectivity index (χ1v) is 9.17. The largest absolute Gasteiger partial charge is 0.326 e. The van der Waals surface area contributed by atoms with Crippen molar-refractivity contribution in [1.82, 2.24) is 4.90 Å². The first-order chi connectivity index (χ1) is 12.1. The molecule has 25 heavy (non-hydrogen) atoms. The zero-order valence-electron chi connectivity index (χ0n) is 14.6. The molecule has 4 rings (SSSR count). The molecule has 0 atom stereocenters. The Kier molecular flexibility index (Phi) is 4.19. The highest BCUT2D eigenvalue weighted by Gasteiger charge is 2.35. The summed E-state index contributed by atoms with van der Waals surface area (Å²) in [5.41, 5.74) is 2.20. The van der Waals surface area contributed by atoms with E-state index in [1.54, 1.807) is 18.0 Å². The number of nitrogens with one attached hydrogen (secondary N) is 1. The Hall–Kier alpha value is -2.37. The molecule has 0 aromatic heterocycles. The van der Waals surface area contributed by atoms with Gasteiger partial charge < -0.3 is 10.2 Å². The van der Waals surface area contributed by atoms with Crippen molar-refractivity contribution in [3.05, 3.63) is 23.8 Å². The number of carbonyl (C=O) groups excluding carboxylic acids is 2. The summed E-state index contributed by atoms with van der Waals surface area (Å²) in [6, 6.07) is 5.59. The van der Waals surface area contributed by atoms with Crippen molar-refractivity contribution in [2.45, 2.75) is 38.5 Å². The Balaban J connectivity index is 1.50. The molecule has 0 bridgehead atoms. The smallest absolute Gasteiger partial charge is 0.262 e. The molecule has 6 heteroatoms. The van der Waals surface area contributed by atoms with Gasteiger partial charge in [-0.2, -0.15) is 0 Å². The fraction of sp³-hybridized carbons (Fsp3) is 0.526. The third kappa shape index (κ3) is 3.01. The van der Waals surface area contributed by atoms with Crippen LogP contribution in [0.25, 0.3) is 0 Å². The molecule has 0 radical (unpaired) electrons. The maximum absolute atomic E-state index is 12.6. The molecule has 1 fully saturated rings. The van der Waals surface area contributed by atoms with Crippen LogP contribution in [0.1, 0.15) is 48.9 Å². The lowest BCUT2D eigenvalue weighted by atomic mass is 9.87. The van der Waals surface area contributed by atoms with Crippen LogP contribution in [0.15, 0.2) is 23.2 Å². The summed E-state index contributed by atoms with van der Waals surface area (Å²) >= 11 is 0. The first kappa shape index (κ1) is 16.1. The Morgan fingerprint density at radius 1 is 1.28 bits per heavy atom. The minimum atomic E-state index is -0.0738. The summed E-state index contributed by atoms with van der Waals surface area (Å²) in [5.74, 6) is 1.19. The SMILES string of the molecule is CN1C(=O)c2cc(NC(=O)CC3CCCCC3)ccc2N2CCN=C12. The van der Waals surface area contributed by atoms with Gasteiger partial charge in [-0.3, -0.25) is 19.5 Å². The molecular weight excluding hydrogens is 316 g/mol. The summed E-state index contributed by atoms with van der Waals surface area (Å²) < 4.78 is 0. The molecule has 6 nitrogen and oxygen atoms in total. The number of benzene rings is 1. The molecule has 0 spiro atoms. The maximum atomic E-state index is 12.6. The third-order valence-corrected chi connectivity index (χ3v) is 5.42. The number of aliphatic imine (C=N–C) groups is 1. The second-order valence-corrected chi connectivity index (χ2v) is 7.19. The lowest BCUT2D eigenvalue weighted by Gasteiger charge is -2.33. The number of nitrogens with zero attached hydrogens (tertiary/aromatic N) is 3. The summed E-state index contributed by atoms with van der Waals surface area (Å²) in [4.78, 5) is 33.0. The molecule has 2 amide bonds. The highest BCUT2D eigenvalue weighted by atomic mass is 16.2. The number of anilines is 2. The van der Waals surface area contributed by atoms with E-state index >= 15 is 0 Å². The predicted octanol–water partition coefficient (Wildman–Crippen LogP) is 2.86. The van der Waals surface area contributed by atoms with Crippen LogP contribution in [-0.4, -0.2) is 42.8 Å². The van der Waals surface area contributed by atoms with Gasteiger partial charge in [0.2, 0.25) is 11.9 Å². The first-order valence-electron chi connectivity index (χ1n) is 9.17. The minimum Gasteiger partial charge on any atom is -0.326 e. The van der Waals surface area contributed by atoms with Crippen LogP contribution in [0.2, 0.25) is 0 Å². The molecule has 2 heterocycles. The van der Waals surface area contributed by atoms with Crippen LogP contribution in [0, 0.1) is 5.92 Å². The quantitative estimate of drug-likeness (QED) is 0.920.